The standard InChI is InChI=1S/C33H34ClN3O6/c1-3-42-24-15-13-23(14-16-24)35-29(39)26-27-31(41)37(25(19-38)20-7-5-4-6-8-20)28(33(27)18-17-32(26,2)43-33)30(40)36-22-11-9-21(34)10-12-22/h4-16,25-28,38H,3,17-19H2,1-2H3,(H,35,39)(H,36,40)/t25-,26-,27+,28?,32+,33?/m1/s1. The molecule has 1 spiro atoms. The molecule has 3 saturated heterocycles. The molecule has 2 unspecified atom stereocenters. The number of nitrogens with one attached hydrogen (secondary N) is 2. The molecule has 9 nitrogen and oxygen atoms in total. The topological polar surface area (TPSA) is 117 Å². The number of anilines is 2. The van der Waals surface area contributed by atoms with Gasteiger partial charge in [0.1, 0.15) is 17.4 Å². The molecule has 224 valence electrons. The normalized spacial score (nSPS) is 28.0. The average Bonchev–Trinajstić information content (AvgIpc) is 3.57. The van der Waals surface area contributed by atoms with E-state index in [1.807, 2.05) is 44.2 Å². The predicted molar refractivity (Wildman–Crippen MR) is 162 cm³/mol. The average molecular weight is 604 g/mol. The molecular formula is C33H34ClN3O6. The van der Waals surface area contributed by atoms with Crippen LogP contribution in [0.3, 0.4) is 0 Å². The molecule has 3 heterocycles. The Balaban J connectivity index is 1.38. The number of aliphatic hydroxyl groups excluding tert-OH is 1. The Bertz CT molecular complexity index is 1520. The summed E-state index contributed by atoms with van der Waals surface area (Å²) in [5, 5.41) is 17.0. The van der Waals surface area contributed by atoms with Gasteiger partial charge in [-0.3, -0.25) is 14.4 Å². The van der Waals surface area contributed by atoms with Crippen LogP contribution in [0.15, 0.2) is 78.9 Å². The van der Waals surface area contributed by atoms with Crippen molar-refractivity contribution < 1.29 is 29.0 Å². The molecule has 43 heavy (non-hydrogen) atoms. The van der Waals surface area contributed by atoms with Crippen molar-refractivity contribution in [3.05, 3.63) is 89.4 Å². The van der Waals surface area contributed by atoms with Crippen molar-refractivity contribution in [3.63, 3.8) is 0 Å². The van der Waals surface area contributed by atoms with Crippen LogP contribution >= 0.6 is 11.6 Å². The molecular weight excluding hydrogens is 570 g/mol. The fraction of sp³-hybridized carbons (Fsp3) is 0.364. The first kappa shape index (κ1) is 29.2. The summed E-state index contributed by atoms with van der Waals surface area (Å²) in [7, 11) is 0. The highest BCUT2D eigenvalue weighted by atomic mass is 35.5. The van der Waals surface area contributed by atoms with E-state index in [1.54, 1.807) is 48.5 Å². The van der Waals surface area contributed by atoms with Crippen LogP contribution < -0.4 is 15.4 Å². The Kier molecular flexibility index (Phi) is 7.66. The summed E-state index contributed by atoms with van der Waals surface area (Å²) in [5.41, 5.74) is -0.473. The minimum atomic E-state index is -1.26. The van der Waals surface area contributed by atoms with Crippen molar-refractivity contribution in [1.29, 1.82) is 0 Å². The number of amides is 3. The second kappa shape index (κ2) is 11.3. The number of ether oxygens (including phenoxy) is 2. The van der Waals surface area contributed by atoms with Gasteiger partial charge >= 0.3 is 0 Å². The van der Waals surface area contributed by atoms with Gasteiger partial charge < -0.3 is 30.1 Å². The number of halogens is 1. The summed E-state index contributed by atoms with van der Waals surface area (Å²) in [4.78, 5) is 44.1. The van der Waals surface area contributed by atoms with Crippen molar-refractivity contribution in [2.45, 2.75) is 50.0 Å². The van der Waals surface area contributed by atoms with Crippen molar-refractivity contribution >= 4 is 40.7 Å². The third-order valence-electron chi connectivity index (χ3n) is 8.98. The summed E-state index contributed by atoms with van der Waals surface area (Å²) in [5.74, 6) is -2.30. The maximum atomic E-state index is 14.5. The van der Waals surface area contributed by atoms with Gasteiger partial charge in [0.25, 0.3) is 0 Å². The van der Waals surface area contributed by atoms with Crippen molar-refractivity contribution in [3.8, 4) is 5.75 Å². The molecule has 3 aromatic carbocycles. The van der Waals surface area contributed by atoms with E-state index in [0.29, 0.717) is 47.2 Å². The van der Waals surface area contributed by atoms with Crippen LogP contribution in [-0.2, 0) is 19.1 Å². The second-order valence-electron chi connectivity index (χ2n) is 11.5. The van der Waals surface area contributed by atoms with E-state index >= 15 is 0 Å². The van der Waals surface area contributed by atoms with E-state index < -0.39 is 53.5 Å². The van der Waals surface area contributed by atoms with Crippen LogP contribution in [0.5, 0.6) is 5.75 Å². The number of carbonyl (C=O) groups excluding carboxylic acids is 3. The Morgan fingerprint density at radius 2 is 1.63 bits per heavy atom. The first-order valence-electron chi connectivity index (χ1n) is 14.5. The molecule has 0 aliphatic carbocycles. The van der Waals surface area contributed by atoms with Gasteiger partial charge in [0, 0.05) is 16.4 Å². The zero-order chi connectivity index (χ0) is 30.4. The van der Waals surface area contributed by atoms with Crippen LogP contribution in [0.2, 0.25) is 5.02 Å². The van der Waals surface area contributed by atoms with E-state index in [9.17, 15) is 19.5 Å². The smallest absolute Gasteiger partial charge is 0.250 e. The number of hydrogen-bond acceptors (Lipinski definition) is 6. The highest BCUT2D eigenvalue weighted by Crippen LogP contribution is 2.64. The van der Waals surface area contributed by atoms with Crippen molar-refractivity contribution in [2.75, 3.05) is 23.8 Å². The zero-order valence-electron chi connectivity index (χ0n) is 24.0. The van der Waals surface area contributed by atoms with Gasteiger partial charge in [-0.15, -0.1) is 0 Å². The third-order valence-corrected chi connectivity index (χ3v) is 9.23. The first-order valence-corrected chi connectivity index (χ1v) is 14.9. The predicted octanol–water partition coefficient (Wildman–Crippen LogP) is 4.81. The molecule has 3 fully saturated rings. The molecule has 3 N–H and O–H groups in total. The highest BCUT2D eigenvalue weighted by molar-refractivity contribution is 6.30. The Morgan fingerprint density at radius 1 is 1.00 bits per heavy atom. The molecule has 0 aromatic heterocycles. The van der Waals surface area contributed by atoms with Crippen LogP contribution in [0.1, 0.15) is 38.3 Å². The number of benzene rings is 3. The Morgan fingerprint density at radius 3 is 2.26 bits per heavy atom. The summed E-state index contributed by atoms with van der Waals surface area (Å²) < 4.78 is 12.2. The van der Waals surface area contributed by atoms with E-state index in [2.05, 4.69) is 10.6 Å². The molecule has 2 bridgehead atoms. The molecule has 0 saturated carbocycles. The monoisotopic (exact) mass is 603 g/mol. The number of rotatable bonds is 9. The molecule has 10 heteroatoms. The summed E-state index contributed by atoms with van der Waals surface area (Å²) in [6.07, 6.45) is 0.903. The van der Waals surface area contributed by atoms with Gasteiger partial charge in [-0.05, 0) is 80.8 Å². The van der Waals surface area contributed by atoms with Crippen molar-refractivity contribution in [1.82, 2.24) is 4.90 Å². The SMILES string of the molecule is CCOc1ccc(NC(=O)[C@H]2[C@H]3C(=O)N([C@H](CO)c4ccccc4)C(C(=O)Nc4ccc(Cl)cc4)C34CC[C@]2(C)O4)cc1. The minimum Gasteiger partial charge on any atom is -0.494 e. The quantitative estimate of drug-likeness (QED) is 0.323. The van der Waals surface area contributed by atoms with Crippen LogP contribution in [0, 0.1) is 11.8 Å². The van der Waals surface area contributed by atoms with Gasteiger partial charge in [-0.1, -0.05) is 41.9 Å². The number of carbonyl (C=O) groups is 3. The third kappa shape index (κ3) is 4.95. The molecule has 3 aromatic rings. The van der Waals surface area contributed by atoms with E-state index in [4.69, 9.17) is 21.1 Å². The van der Waals surface area contributed by atoms with Gasteiger partial charge in [0.2, 0.25) is 17.7 Å². The number of likely N-dealkylation sites (tertiary alicyclic amines) is 1. The molecule has 3 amide bonds. The molecule has 3 aliphatic heterocycles. The van der Waals surface area contributed by atoms with Gasteiger partial charge in [-0.25, -0.2) is 0 Å². The lowest BCUT2D eigenvalue weighted by molar-refractivity contribution is -0.147. The lowest BCUT2D eigenvalue weighted by Gasteiger charge is -2.37. The fourth-order valence-corrected chi connectivity index (χ4v) is 7.32. The molecule has 0 radical (unpaired) electrons. The summed E-state index contributed by atoms with van der Waals surface area (Å²) in [6.45, 7) is 3.85. The lowest BCUT2D eigenvalue weighted by Crippen LogP contribution is -2.54. The zero-order valence-corrected chi connectivity index (χ0v) is 24.7. The van der Waals surface area contributed by atoms with Crippen molar-refractivity contribution in [2.24, 2.45) is 11.8 Å². The van der Waals surface area contributed by atoms with Gasteiger partial charge in [-0.2, -0.15) is 0 Å². The number of nitrogens with zero attached hydrogens (tertiary/aromatic N) is 1. The van der Waals surface area contributed by atoms with Crippen LogP contribution in [0.4, 0.5) is 11.4 Å². The van der Waals surface area contributed by atoms with Gasteiger partial charge in [0.15, 0.2) is 0 Å². The molecule has 6 atom stereocenters. The molecule has 6 rings (SSSR count). The summed E-state index contributed by atoms with van der Waals surface area (Å²) in [6, 6.07) is 20.9. The van der Waals surface area contributed by atoms with Gasteiger partial charge in [0.05, 0.1) is 36.7 Å². The highest BCUT2D eigenvalue weighted by Gasteiger charge is 2.78. The lowest BCUT2D eigenvalue weighted by atomic mass is 9.66. The maximum absolute atomic E-state index is 14.5. The van der Waals surface area contributed by atoms with E-state index in [1.165, 1.54) is 4.90 Å². The number of aliphatic hydroxyl groups is 1. The van der Waals surface area contributed by atoms with E-state index in [-0.39, 0.29) is 5.91 Å². The molecule has 3 aliphatic rings. The Labute approximate surface area is 255 Å². The van der Waals surface area contributed by atoms with Crippen LogP contribution in [-0.4, -0.2) is 58.2 Å². The fourth-order valence-electron chi connectivity index (χ4n) is 7.19. The van der Waals surface area contributed by atoms with Crippen LogP contribution in [0.25, 0.3) is 0 Å². The second-order valence-corrected chi connectivity index (χ2v) is 12.0. The largest absolute Gasteiger partial charge is 0.494 e. The maximum Gasteiger partial charge on any atom is 0.250 e. The minimum absolute atomic E-state index is 0.356. The first-order chi connectivity index (χ1) is 20.7. The summed E-state index contributed by atoms with van der Waals surface area (Å²) >= 11 is 6.05. The van der Waals surface area contributed by atoms with E-state index in [0.717, 1.165) is 0 Å². The number of hydrogen-bond donors (Lipinski definition) is 3. The number of fused-ring (bicyclic) bond motifs is 1. The Hall–Kier alpha value is -3.92.